The highest BCUT2D eigenvalue weighted by Gasteiger charge is 2.07. The Hall–Kier alpha value is -2.57. The van der Waals surface area contributed by atoms with Gasteiger partial charge in [0.2, 0.25) is 5.91 Å². The maximum Gasteiger partial charge on any atom is 0.234 e. The summed E-state index contributed by atoms with van der Waals surface area (Å²) in [5.41, 5.74) is 2.97. The molecule has 0 aliphatic carbocycles. The van der Waals surface area contributed by atoms with Crippen molar-refractivity contribution in [1.29, 1.82) is 0 Å². The molecule has 5 nitrogen and oxygen atoms in total. The van der Waals surface area contributed by atoms with E-state index in [0.29, 0.717) is 22.4 Å². The van der Waals surface area contributed by atoms with Gasteiger partial charge in [0.25, 0.3) is 0 Å². The average Bonchev–Trinajstić information content (AvgIpc) is 2.68. The molecule has 27 heavy (non-hydrogen) atoms. The third-order valence-corrected chi connectivity index (χ3v) is 4.97. The molecule has 0 fully saturated rings. The van der Waals surface area contributed by atoms with Crippen LogP contribution in [0.15, 0.2) is 65.7 Å². The first-order chi connectivity index (χ1) is 13.1. The number of amides is 1. The smallest absolute Gasteiger partial charge is 0.234 e. The van der Waals surface area contributed by atoms with Crippen LogP contribution < -0.4 is 10.6 Å². The molecular formula is C20H19ClN4OS. The van der Waals surface area contributed by atoms with Gasteiger partial charge in [0.1, 0.15) is 10.8 Å². The van der Waals surface area contributed by atoms with Crippen molar-refractivity contribution in [1.82, 2.24) is 10.2 Å². The number of aryl methyl sites for hydroxylation is 1. The fraction of sp³-hybridized carbons (Fsp3) is 0.150. The van der Waals surface area contributed by atoms with Gasteiger partial charge in [-0.3, -0.25) is 4.79 Å². The predicted molar refractivity (Wildman–Crippen MR) is 111 cm³/mol. The zero-order valence-electron chi connectivity index (χ0n) is 14.8. The number of anilines is 2. The summed E-state index contributed by atoms with van der Waals surface area (Å²) < 4.78 is 0. The molecule has 1 aromatic heterocycles. The van der Waals surface area contributed by atoms with Crippen molar-refractivity contribution >= 4 is 40.8 Å². The Morgan fingerprint density at radius 1 is 1.04 bits per heavy atom. The van der Waals surface area contributed by atoms with Crippen LogP contribution in [0.4, 0.5) is 11.5 Å². The van der Waals surface area contributed by atoms with Crippen LogP contribution in [0.3, 0.4) is 0 Å². The quantitative estimate of drug-likeness (QED) is 0.560. The number of aromatic nitrogens is 2. The Kier molecular flexibility index (Phi) is 6.68. The van der Waals surface area contributed by atoms with E-state index in [-0.39, 0.29) is 11.7 Å². The normalized spacial score (nSPS) is 10.4. The minimum atomic E-state index is -0.0685. The van der Waals surface area contributed by atoms with E-state index in [2.05, 4.69) is 20.8 Å². The zero-order valence-corrected chi connectivity index (χ0v) is 16.3. The van der Waals surface area contributed by atoms with Crippen molar-refractivity contribution in [3.63, 3.8) is 0 Å². The molecule has 0 unspecified atom stereocenters. The van der Waals surface area contributed by atoms with Crippen LogP contribution in [-0.4, -0.2) is 21.9 Å². The molecule has 0 aliphatic rings. The number of nitrogens with one attached hydrogen (secondary N) is 2. The molecular weight excluding hydrogens is 380 g/mol. The first kappa shape index (κ1) is 19.2. The van der Waals surface area contributed by atoms with Gasteiger partial charge in [-0.2, -0.15) is 0 Å². The van der Waals surface area contributed by atoms with Crippen LogP contribution in [0.5, 0.6) is 0 Å². The summed E-state index contributed by atoms with van der Waals surface area (Å²) in [5.74, 6) is 0.889. The van der Waals surface area contributed by atoms with Crippen molar-refractivity contribution in [2.24, 2.45) is 0 Å². The lowest BCUT2D eigenvalue weighted by Gasteiger charge is -2.08. The van der Waals surface area contributed by atoms with Crippen LogP contribution in [0.25, 0.3) is 0 Å². The fourth-order valence-electron chi connectivity index (χ4n) is 2.33. The Morgan fingerprint density at radius 3 is 2.52 bits per heavy atom. The lowest BCUT2D eigenvalue weighted by atomic mass is 10.2. The standard InChI is InChI=1S/C20H19ClN4OS/c1-14-4-2-3-5-17(14)23-19(26)13-27-20-11-10-18(24-25-20)22-12-15-6-8-16(21)9-7-15/h2-11H,12-13H2,1H3,(H,22,24)(H,23,26). The van der Waals surface area contributed by atoms with Crippen LogP contribution in [0.1, 0.15) is 11.1 Å². The van der Waals surface area contributed by atoms with Gasteiger partial charge in [-0.15, -0.1) is 10.2 Å². The molecule has 1 amide bonds. The summed E-state index contributed by atoms with van der Waals surface area (Å²) in [5, 5.41) is 15.8. The van der Waals surface area contributed by atoms with Crippen LogP contribution in [0, 0.1) is 6.92 Å². The molecule has 1 heterocycles. The van der Waals surface area contributed by atoms with E-state index in [9.17, 15) is 4.79 Å². The second-order valence-electron chi connectivity index (χ2n) is 5.89. The highest BCUT2D eigenvalue weighted by atomic mass is 35.5. The molecule has 0 spiro atoms. The summed E-state index contributed by atoms with van der Waals surface area (Å²) in [6.45, 7) is 2.60. The predicted octanol–water partition coefficient (Wildman–Crippen LogP) is 4.78. The second kappa shape index (κ2) is 9.39. The Morgan fingerprint density at radius 2 is 1.81 bits per heavy atom. The molecule has 7 heteroatoms. The first-order valence-corrected chi connectivity index (χ1v) is 9.77. The SMILES string of the molecule is Cc1ccccc1NC(=O)CSc1ccc(NCc2ccc(Cl)cc2)nn1. The third kappa shape index (κ3) is 5.98. The van der Waals surface area contributed by atoms with Crippen LogP contribution in [-0.2, 0) is 11.3 Å². The lowest BCUT2D eigenvalue weighted by Crippen LogP contribution is -2.14. The van der Waals surface area contributed by atoms with Gasteiger partial charge in [-0.05, 0) is 48.4 Å². The second-order valence-corrected chi connectivity index (χ2v) is 7.32. The highest BCUT2D eigenvalue weighted by molar-refractivity contribution is 7.99. The third-order valence-electron chi connectivity index (χ3n) is 3.80. The Balaban J connectivity index is 1.46. The van der Waals surface area contributed by atoms with Crippen molar-refractivity contribution in [3.8, 4) is 0 Å². The topological polar surface area (TPSA) is 66.9 Å². The fourth-order valence-corrected chi connectivity index (χ4v) is 3.07. The summed E-state index contributed by atoms with van der Waals surface area (Å²) >= 11 is 7.23. The highest BCUT2D eigenvalue weighted by Crippen LogP contribution is 2.18. The Labute approximate surface area is 167 Å². The van der Waals surface area contributed by atoms with Gasteiger partial charge >= 0.3 is 0 Å². The number of benzene rings is 2. The molecule has 0 saturated heterocycles. The van der Waals surface area contributed by atoms with Gasteiger partial charge in [-0.1, -0.05) is 53.7 Å². The number of hydrogen-bond acceptors (Lipinski definition) is 5. The summed E-state index contributed by atoms with van der Waals surface area (Å²) in [6.07, 6.45) is 0. The van der Waals surface area contributed by atoms with Gasteiger partial charge in [0, 0.05) is 17.3 Å². The van der Waals surface area contributed by atoms with Crippen molar-refractivity contribution < 1.29 is 4.79 Å². The number of rotatable bonds is 7. The maximum atomic E-state index is 12.1. The first-order valence-electron chi connectivity index (χ1n) is 8.40. The van der Waals surface area contributed by atoms with E-state index in [1.54, 1.807) is 0 Å². The molecule has 0 radical (unpaired) electrons. The largest absolute Gasteiger partial charge is 0.365 e. The molecule has 0 saturated carbocycles. The van der Waals surface area contributed by atoms with E-state index >= 15 is 0 Å². The number of hydrogen-bond donors (Lipinski definition) is 2. The van der Waals surface area contributed by atoms with Crippen LogP contribution >= 0.6 is 23.4 Å². The Bertz CT molecular complexity index is 901. The molecule has 138 valence electrons. The lowest BCUT2D eigenvalue weighted by molar-refractivity contribution is -0.113. The molecule has 2 aromatic carbocycles. The van der Waals surface area contributed by atoms with E-state index in [1.165, 1.54) is 11.8 Å². The summed E-state index contributed by atoms with van der Waals surface area (Å²) in [7, 11) is 0. The summed E-state index contributed by atoms with van der Waals surface area (Å²) in [4.78, 5) is 12.1. The number of halogens is 1. The monoisotopic (exact) mass is 398 g/mol. The van der Waals surface area contributed by atoms with E-state index < -0.39 is 0 Å². The van der Waals surface area contributed by atoms with E-state index in [1.807, 2.05) is 67.6 Å². The molecule has 3 rings (SSSR count). The van der Waals surface area contributed by atoms with E-state index in [4.69, 9.17) is 11.6 Å². The number of carbonyl (C=O) groups excluding carboxylic acids is 1. The average molecular weight is 399 g/mol. The number of thioether (sulfide) groups is 1. The zero-order chi connectivity index (χ0) is 19.1. The molecule has 3 aromatic rings. The molecule has 0 atom stereocenters. The van der Waals surface area contributed by atoms with Gasteiger partial charge < -0.3 is 10.6 Å². The van der Waals surface area contributed by atoms with Crippen molar-refractivity contribution in [2.75, 3.05) is 16.4 Å². The molecule has 2 N–H and O–H groups in total. The minimum Gasteiger partial charge on any atom is -0.365 e. The van der Waals surface area contributed by atoms with E-state index in [0.717, 1.165) is 16.8 Å². The molecule has 0 bridgehead atoms. The van der Waals surface area contributed by atoms with Gasteiger partial charge in [0.05, 0.1) is 5.75 Å². The summed E-state index contributed by atoms with van der Waals surface area (Å²) in [6, 6.07) is 19.0. The van der Waals surface area contributed by atoms with Crippen LogP contribution in [0.2, 0.25) is 5.02 Å². The number of para-hydroxylation sites is 1. The molecule has 0 aliphatic heterocycles. The van der Waals surface area contributed by atoms with Gasteiger partial charge in [-0.25, -0.2) is 0 Å². The minimum absolute atomic E-state index is 0.0685. The van der Waals surface area contributed by atoms with Crippen molar-refractivity contribution in [3.05, 3.63) is 76.8 Å². The number of carbonyl (C=O) groups is 1. The number of nitrogens with zero attached hydrogens (tertiary/aromatic N) is 2. The van der Waals surface area contributed by atoms with Gasteiger partial charge in [0.15, 0.2) is 0 Å². The maximum absolute atomic E-state index is 12.1. The van der Waals surface area contributed by atoms with Crippen molar-refractivity contribution in [2.45, 2.75) is 18.5 Å².